The van der Waals surface area contributed by atoms with Gasteiger partial charge in [-0.3, -0.25) is 4.79 Å². The molecule has 2 aromatic carbocycles. The van der Waals surface area contributed by atoms with Crippen LogP contribution in [0.3, 0.4) is 0 Å². The summed E-state index contributed by atoms with van der Waals surface area (Å²) < 4.78 is 0. The van der Waals surface area contributed by atoms with Crippen LogP contribution in [0, 0.1) is 0 Å². The minimum Gasteiger partial charge on any atom is -0.331 e. The van der Waals surface area contributed by atoms with Crippen LogP contribution < -0.4 is 16.0 Å². The SMILES string of the molecule is CC(=O)Nc1cccc([C@H](C)NC(=O)Nc2ccccc2)c1. The number of hydrogen-bond acceptors (Lipinski definition) is 2. The van der Waals surface area contributed by atoms with Gasteiger partial charge in [-0.15, -0.1) is 0 Å². The second-order valence-electron chi connectivity index (χ2n) is 4.99. The van der Waals surface area contributed by atoms with E-state index in [4.69, 9.17) is 0 Å². The summed E-state index contributed by atoms with van der Waals surface area (Å²) >= 11 is 0. The van der Waals surface area contributed by atoms with Gasteiger partial charge in [0.05, 0.1) is 6.04 Å². The first-order valence-corrected chi connectivity index (χ1v) is 7.04. The molecule has 0 unspecified atom stereocenters. The van der Waals surface area contributed by atoms with E-state index in [1.165, 1.54) is 6.92 Å². The van der Waals surface area contributed by atoms with Crippen molar-refractivity contribution < 1.29 is 9.59 Å². The number of amides is 3. The van der Waals surface area contributed by atoms with E-state index in [1.54, 1.807) is 0 Å². The quantitative estimate of drug-likeness (QED) is 0.808. The molecule has 0 aliphatic carbocycles. The van der Waals surface area contributed by atoms with Crippen molar-refractivity contribution in [3.8, 4) is 0 Å². The van der Waals surface area contributed by atoms with Crippen LogP contribution in [0.4, 0.5) is 16.2 Å². The lowest BCUT2D eigenvalue weighted by atomic mass is 10.1. The van der Waals surface area contributed by atoms with Gasteiger partial charge in [0.25, 0.3) is 0 Å². The molecule has 114 valence electrons. The fraction of sp³-hybridized carbons (Fsp3) is 0.176. The largest absolute Gasteiger partial charge is 0.331 e. The molecule has 0 saturated carbocycles. The summed E-state index contributed by atoms with van der Waals surface area (Å²) in [5, 5.41) is 8.36. The molecule has 2 rings (SSSR count). The number of carbonyl (C=O) groups excluding carboxylic acids is 2. The Kier molecular flexibility index (Phi) is 5.14. The van der Waals surface area contributed by atoms with E-state index in [0.29, 0.717) is 5.69 Å². The van der Waals surface area contributed by atoms with Crippen LogP contribution in [0.25, 0.3) is 0 Å². The fourth-order valence-electron chi connectivity index (χ4n) is 2.06. The van der Waals surface area contributed by atoms with Gasteiger partial charge in [-0.25, -0.2) is 4.79 Å². The number of rotatable bonds is 4. The molecule has 5 nitrogen and oxygen atoms in total. The second kappa shape index (κ2) is 7.26. The lowest BCUT2D eigenvalue weighted by molar-refractivity contribution is -0.114. The zero-order chi connectivity index (χ0) is 15.9. The zero-order valence-corrected chi connectivity index (χ0v) is 12.6. The highest BCUT2D eigenvalue weighted by Gasteiger charge is 2.10. The van der Waals surface area contributed by atoms with Crippen LogP contribution in [0.15, 0.2) is 54.6 Å². The van der Waals surface area contributed by atoms with Gasteiger partial charge < -0.3 is 16.0 Å². The average molecular weight is 297 g/mol. The summed E-state index contributed by atoms with van der Waals surface area (Å²) in [6, 6.07) is 16.2. The Hall–Kier alpha value is -2.82. The summed E-state index contributed by atoms with van der Waals surface area (Å²) in [5.74, 6) is -0.125. The number of nitrogens with one attached hydrogen (secondary N) is 3. The van der Waals surface area contributed by atoms with Crippen molar-refractivity contribution in [1.82, 2.24) is 5.32 Å². The van der Waals surface area contributed by atoms with Gasteiger partial charge in [0.15, 0.2) is 0 Å². The third kappa shape index (κ3) is 4.63. The zero-order valence-electron chi connectivity index (χ0n) is 12.6. The van der Waals surface area contributed by atoms with Crippen LogP contribution in [0.2, 0.25) is 0 Å². The standard InChI is InChI=1S/C17H19N3O2/c1-12(14-7-6-10-16(11-14)19-13(2)21)18-17(22)20-15-8-4-3-5-9-15/h3-12H,1-2H3,(H,19,21)(H2,18,20,22)/t12-/m0/s1. The first kappa shape index (κ1) is 15.6. The smallest absolute Gasteiger partial charge is 0.319 e. The highest BCUT2D eigenvalue weighted by atomic mass is 16.2. The van der Waals surface area contributed by atoms with E-state index in [1.807, 2.05) is 61.5 Å². The summed E-state index contributed by atoms with van der Waals surface area (Å²) in [5.41, 5.74) is 2.36. The molecular weight excluding hydrogens is 278 g/mol. The molecule has 0 aliphatic heterocycles. The van der Waals surface area contributed by atoms with Crippen molar-refractivity contribution in [1.29, 1.82) is 0 Å². The van der Waals surface area contributed by atoms with Crippen molar-refractivity contribution in [2.45, 2.75) is 19.9 Å². The molecule has 3 amide bonds. The highest BCUT2D eigenvalue weighted by Crippen LogP contribution is 2.17. The van der Waals surface area contributed by atoms with Crippen molar-refractivity contribution in [2.75, 3.05) is 10.6 Å². The number of benzene rings is 2. The van der Waals surface area contributed by atoms with Crippen LogP contribution in [-0.2, 0) is 4.79 Å². The van der Waals surface area contributed by atoms with Gasteiger partial charge in [0.1, 0.15) is 0 Å². The Morgan fingerprint density at radius 3 is 2.27 bits per heavy atom. The predicted octanol–water partition coefficient (Wildman–Crippen LogP) is 3.53. The lowest BCUT2D eigenvalue weighted by Gasteiger charge is -2.16. The highest BCUT2D eigenvalue weighted by molar-refractivity contribution is 5.90. The van der Waals surface area contributed by atoms with E-state index < -0.39 is 0 Å². The number of anilines is 2. The predicted molar refractivity (Wildman–Crippen MR) is 87.8 cm³/mol. The molecule has 0 fully saturated rings. The van der Waals surface area contributed by atoms with Crippen LogP contribution in [0.5, 0.6) is 0 Å². The monoisotopic (exact) mass is 297 g/mol. The fourth-order valence-corrected chi connectivity index (χ4v) is 2.06. The van der Waals surface area contributed by atoms with E-state index in [0.717, 1.165) is 11.3 Å². The summed E-state index contributed by atoms with van der Waals surface area (Å²) in [4.78, 5) is 23.1. The molecule has 3 N–H and O–H groups in total. The lowest BCUT2D eigenvalue weighted by Crippen LogP contribution is -2.31. The Labute approximate surface area is 129 Å². The molecule has 0 radical (unpaired) electrons. The number of urea groups is 1. The van der Waals surface area contributed by atoms with Crippen LogP contribution in [0.1, 0.15) is 25.5 Å². The molecule has 22 heavy (non-hydrogen) atoms. The van der Waals surface area contributed by atoms with Gasteiger partial charge in [-0.2, -0.15) is 0 Å². The molecule has 0 bridgehead atoms. The summed E-state index contributed by atoms with van der Waals surface area (Å²) in [6.07, 6.45) is 0. The normalized spacial score (nSPS) is 11.4. The first-order valence-electron chi connectivity index (χ1n) is 7.04. The van der Waals surface area contributed by atoms with Crippen molar-refractivity contribution in [3.63, 3.8) is 0 Å². The molecule has 5 heteroatoms. The molecule has 0 aliphatic rings. The molecule has 0 heterocycles. The summed E-state index contributed by atoms with van der Waals surface area (Å²) in [6.45, 7) is 3.35. The number of para-hydroxylation sites is 1. The van der Waals surface area contributed by atoms with Gasteiger partial charge >= 0.3 is 6.03 Å². The molecule has 0 saturated heterocycles. The first-order chi connectivity index (χ1) is 10.5. The van der Waals surface area contributed by atoms with Crippen LogP contribution >= 0.6 is 0 Å². The van der Waals surface area contributed by atoms with E-state index in [9.17, 15) is 9.59 Å². The maximum absolute atomic E-state index is 12.0. The van der Waals surface area contributed by atoms with Crippen LogP contribution in [-0.4, -0.2) is 11.9 Å². The van der Waals surface area contributed by atoms with E-state index in [-0.39, 0.29) is 18.0 Å². The van der Waals surface area contributed by atoms with Gasteiger partial charge in [-0.1, -0.05) is 30.3 Å². The van der Waals surface area contributed by atoms with Crippen molar-refractivity contribution in [2.24, 2.45) is 0 Å². The maximum Gasteiger partial charge on any atom is 0.319 e. The summed E-state index contributed by atoms with van der Waals surface area (Å²) in [7, 11) is 0. The molecule has 0 aromatic heterocycles. The van der Waals surface area contributed by atoms with E-state index >= 15 is 0 Å². The van der Waals surface area contributed by atoms with Crippen molar-refractivity contribution >= 4 is 23.3 Å². The van der Waals surface area contributed by atoms with Gasteiger partial charge in [0, 0.05) is 18.3 Å². The average Bonchev–Trinajstić information content (AvgIpc) is 2.47. The minimum atomic E-state index is -0.274. The minimum absolute atomic E-state index is 0.125. The molecule has 1 atom stereocenters. The third-order valence-corrected chi connectivity index (χ3v) is 3.09. The Balaban J connectivity index is 1.98. The number of hydrogen-bond donors (Lipinski definition) is 3. The molecular formula is C17H19N3O2. The third-order valence-electron chi connectivity index (χ3n) is 3.09. The van der Waals surface area contributed by atoms with Gasteiger partial charge in [0.2, 0.25) is 5.91 Å². The second-order valence-corrected chi connectivity index (χ2v) is 4.99. The van der Waals surface area contributed by atoms with Gasteiger partial charge in [-0.05, 0) is 36.8 Å². The maximum atomic E-state index is 12.0. The van der Waals surface area contributed by atoms with E-state index in [2.05, 4.69) is 16.0 Å². The van der Waals surface area contributed by atoms with Crippen molar-refractivity contribution in [3.05, 3.63) is 60.2 Å². The molecule has 0 spiro atoms. The topological polar surface area (TPSA) is 70.2 Å². The number of carbonyl (C=O) groups is 2. The Morgan fingerprint density at radius 2 is 1.59 bits per heavy atom. The molecule has 2 aromatic rings. The Bertz CT molecular complexity index is 656. The Morgan fingerprint density at radius 1 is 0.909 bits per heavy atom.